The van der Waals surface area contributed by atoms with E-state index in [0.717, 1.165) is 23.9 Å². The van der Waals surface area contributed by atoms with Gasteiger partial charge in [-0.1, -0.05) is 67.9 Å². The van der Waals surface area contributed by atoms with Gasteiger partial charge in [0.1, 0.15) is 6.33 Å². The zero-order chi connectivity index (χ0) is 15.5. The van der Waals surface area contributed by atoms with Crippen LogP contribution >= 0.6 is 23.2 Å². The number of hydrogen-bond donors (Lipinski definition) is 0. The number of rotatable bonds is 4. The third-order valence-electron chi connectivity index (χ3n) is 4.86. The summed E-state index contributed by atoms with van der Waals surface area (Å²) >= 11 is 12.0. The molecule has 0 bridgehead atoms. The minimum absolute atomic E-state index is 0.345. The minimum Gasteiger partial charge on any atom is -0.288 e. The van der Waals surface area contributed by atoms with Crippen LogP contribution in [0, 0.1) is 11.8 Å². The molecular formula is C18H22Cl2N2. The van der Waals surface area contributed by atoms with E-state index < -0.39 is 0 Å². The fraction of sp³-hybridized carbons (Fsp3) is 0.500. The van der Waals surface area contributed by atoms with E-state index in [1.165, 1.54) is 37.7 Å². The standard InChI is InChI=1S/C18H22Cl2N2/c1-13-2-4-14(5-3-13)6-7-15-8-10-16(11-9-15)22-12-21-17(19)18(22)20/h8-14H,2-7H2,1H3. The van der Waals surface area contributed by atoms with Gasteiger partial charge in [0.25, 0.3) is 0 Å². The summed E-state index contributed by atoms with van der Waals surface area (Å²) in [6, 6.07) is 8.54. The Bertz CT molecular complexity index is 611. The third-order valence-corrected chi connectivity index (χ3v) is 5.59. The smallest absolute Gasteiger partial charge is 0.166 e. The average molecular weight is 337 g/mol. The highest BCUT2D eigenvalue weighted by atomic mass is 35.5. The predicted molar refractivity (Wildman–Crippen MR) is 93.0 cm³/mol. The molecule has 0 unspecified atom stereocenters. The molecule has 2 aromatic rings. The lowest BCUT2D eigenvalue weighted by molar-refractivity contribution is 0.278. The Hall–Kier alpha value is -0.990. The van der Waals surface area contributed by atoms with E-state index in [4.69, 9.17) is 23.2 Å². The monoisotopic (exact) mass is 336 g/mol. The van der Waals surface area contributed by atoms with E-state index in [9.17, 15) is 0 Å². The Kier molecular flexibility index (Phi) is 5.10. The van der Waals surface area contributed by atoms with Crippen molar-refractivity contribution in [1.29, 1.82) is 0 Å². The van der Waals surface area contributed by atoms with Gasteiger partial charge in [0, 0.05) is 5.69 Å². The summed E-state index contributed by atoms with van der Waals surface area (Å²) in [4.78, 5) is 4.02. The van der Waals surface area contributed by atoms with Gasteiger partial charge in [0.05, 0.1) is 0 Å². The molecule has 0 radical (unpaired) electrons. The van der Waals surface area contributed by atoms with Gasteiger partial charge >= 0.3 is 0 Å². The van der Waals surface area contributed by atoms with Crippen LogP contribution in [-0.4, -0.2) is 9.55 Å². The maximum absolute atomic E-state index is 6.13. The summed E-state index contributed by atoms with van der Waals surface area (Å²) in [6.07, 6.45) is 9.75. The number of imidazole rings is 1. The van der Waals surface area contributed by atoms with E-state index in [-0.39, 0.29) is 0 Å². The Balaban J connectivity index is 1.59. The summed E-state index contributed by atoms with van der Waals surface area (Å²) in [6.45, 7) is 2.38. The van der Waals surface area contributed by atoms with Crippen molar-refractivity contribution >= 4 is 23.2 Å². The van der Waals surface area contributed by atoms with Crippen LogP contribution in [0.15, 0.2) is 30.6 Å². The summed E-state index contributed by atoms with van der Waals surface area (Å²) in [5.41, 5.74) is 2.39. The van der Waals surface area contributed by atoms with Gasteiger partial charge in [0.2, 0.25) is 0 Å². The average Bonchev–Trinajstić information content (AvgIpc) is 2.87. The quantitative estimate of drug-likeness (QED) is 0.675. The van der Waals surface area contributed by atoms with Crippen LogP contribution in [0.4, 0.5) is 0 Å². The number of nitrogens with zero attached hydrogens (tertiary/aromatic N) is 2. The molecule has 1 saturated carbocycles. The Morgan fingerprint density at radius 1 is 1.09 bits per heavy atom. The van der Waals surface area contributed by atoms with Crippen LogP contribution in [0.3, 0.4) is 0 Å². The number of hydrogen-bond acceptors (Lipinski definition) is 1. The lowest BCUT2D eigenvalue weighted by Crippen LogP contribution is -2.12. The largest absolute Gasteiger partial charge is 0.288 e. The van der Waals surface area contributed by atoms with Gasteiger partial charge in [-0.3, -0.25) is 4.57 Å². The van der Waals surface area contributed by atoms with Crippen molar-refractivity contribution in [2.75, 3.05) is 0 Å². The molecule has 22 heavy (non-hydrogen) atoms. The fourth-order valence-electron chi connectivity index (χ4n) is 3.30. The van der Waals surface area contributed by atoms with E-state index in [1.807, 2.05) is 0 Å². The molecule has 1 aliphatic carbocycles. The molecule has 1 heterocycles. The molecule has 1 fully saturated rings. The van der Waals surface area contributed by atoms with Gasteiger partial charge in [-0.2, -0.15) is 0 Å². The summed E-state index contributed by atoms with van der Waals surface area (Å²) in [5.74, 6) is 1.85. The summed E-state index contributed by atoms with van der Waals surface area (Å²) in [5, 5.41) is 0.808. The number of halogens is 2. The maximum atomic E-state index is 6.13. The van der Waals surface area contributed by atoms with Crippen molar-refractivity contribution < 1.29 is 0 Å². The molecule has 0 spiro atoms. The molecule has 4 heteroatoms. The molecule has 1 aromatic heterocycles. The molecule has 1 aliphatic rings. The van der Waals surface area contributed by atoms with Gasteiger partial charge in [-0.15, -0.1) is 0 Å². The van der Waals surface area contributed by atoms with Crippen LogP contribution < -0.4 is 0 Å². The fourth-order valence-corrected chi connectivity index (χ4v) is 3.63. The Morgan fingerprint density at radius 2 is 1.77 bits per heavy atom. The molecule has 1 aromatic carbocycles. The topological polar surface area (TPSA) is 17.8 Å². The first kappa shape index (κ1) is 15.9. The Labute approximate surface area is 142 Å². The summed E-state index contributed by atoms with van der Waals surface area (Å²) < 4.78 is 1.80. The zero-order valence-corrected chi connectivity index (χ0v) is 14.4. The van der Waals surface area contributed by atoms with Crippen molar-refractivity contribution in [1.82, 2.24) is 9.55 Å². The lowest BCUT2D eigenvalue weighted by atomic mass is 9.80. The first-order valence-corrected chi connectivity index (χ1v) is 8.86. The Morgan fingerprint density at radius 3 is 2.36 bits per heavy atom. The second-order valence-corrected chi connectivity index (χ2v) is 7.24. The van der Waals surface area contributed by atoms with E-state index >= 15 is 0 Å². The van der Waals surface area contributed by atoms with Crippen LogP contribution in [-0.2, 0) is 6.42 Å². The minimum atomic E-state index is 0.345. The summed E-state index contributed by atoms with van der Waals surface area (Å²) in [7, 11) is 0. The van der Waals surface area contributed by atoms with Gasteiger partial charge in [-0.05, 0) is 42.4 Å². The number of aryl methyl sites for hydroxylation is 1. The first-order valence-electron chi connectivity index (χ1n) is 8.11. The number of aromatic nitrogens is 2. The van der Waals surface area contributed by atoms with E-state index in [2.05, 4.69) is 36.2 Å². The molecule has 0 atom stereocenters. The highest BCUT2D eigenvalue weighted by molar-refractivity contribution is 6.40. The molecule has 0 aliphatic heterocycles. The zero-order valence-electron chi connectivity index (χ0n) is 12.9. The van der Waals surface area contributed by atoms with Crippen LogP contribution in [0.2, 0.25) is 10.3 Å². The highest BCUT2D eigenvalue weighted by Crippen LogP contribution is 2.31. The second-order valence-electron chi connectivity index (χ2n) is 6.53. The van der Waals surface area contributed by atoms with Crippen molar-refractivity contribution in [3.63, 3.8) is 0 Å². The molecule has 2 nitrogen and oxygen atoms in total. The van der Waals surface area contributed by atoms with Crippen LogP contribution in [0.1, 0.15) is 44.6 Å². The van der Waals surface area contributed by atoms with Crippen LogP contribution in [0.5, 0.6) is 0 Å². The second kappa shape index (κ2) is 7.06. The van der Waals surface area contributed by atoms with Crippen LogP contribution in [0.25, 0.3) is 5.69 Å². The maximum Gasteiger partial charge on any atom is 0.166 e. The van der Waals surface area contributed by atoms with Gasteiger partial charge < -0.3 is 0 Å². The normalized spacial score (nSPS) is 22.0. The van der Waals surface area contributed by atoms with Crippen molar-refractivity contribution in [3.8, 4) is 5.69 Å². The highest BCUT2D eigenvalue weighted by Gasteiger charge is 2.17. The number of benzene rings is 1. The third kappa shape index (κ3) is 3.67. The van der Waals surface area contributed by atoms with Gasteiger partial charge in [-0.25, -0.2) is 4.98 Å². The molecule has 0 amide bonds. The molecule has 118 valence electrons. The molecule has 3 rings (SSSR count). The SMILES string of the molecule is CC1CCC(CCc2ccc(-n3cnc(Cl)c3Cl)cc2)CC1. The van der Waals surface area contributed by atoms with E-state index in [0.29, 0.717) is 10.3 Å². The van der Waals surface area contributed by atoms with Gasteiger partial charge in [0.15, 0.2) is 10.3 Å². The van der Waals surface area contributed by atoms with Crippen molar-refractivity contribution in [2.45, 2.75) is 45.4 Å². The first-order chi connectivity index (χ1) is 10.6. The van der Waals surface area contributed by atoms with Crippen molar-refractivity contribution in [3.05, 3.63) is 46.5 Å². The molecule has 0 N–H and O–H groups in total. The molecule has 0 saturated heterocycles. The van der Waals surface area contributed by atoms with E-state index in [1.54, 1.807) is 10.9 Å². The predicted octanol–water partition coefficient (Wildman–Crippen LogP) is 5.94. The lowest BCUT2D eigenvalue weighted by Gasteiger charge is -2.26. The molecular weight excluding hydrogens is 315 g/mol. The van der Waals surface area contributed by atoms with Crippen molar-refractivity contribution in [2.24, 2.45) is 11.8 Å².